The van der Waals surface area contributed by atoms with Gasteiger partial charge in [0.2, 0.25) is 0 Å². The van der Waals surface area contributed by atoms with Gasteiger partial charge in [-0.05, 0) is 36.2 Å². The molecule has 0 spiro atoms. The molecule has 0 unspecified atom stereocenters. The standard InChI is InChI=1S/C20H19N5O2/c26-20-12-27-17-6-2-5-16(10-17)25-19-11-18(22-13-23-19)24-15-4-1-3-14(9-15)7-8-21-20/h1-6,9-11,13H,7-8,12H2,(H,21,26)(H2,22,23,24,25). The quantitative estimate of drug-likeness (QED) is 0.570. The number of nitrogens with one attached hydrogen (secondary N) is 3. The first-order valence-corrected chi connectivity index (χ1v) is 8.69. The van der Waals surface area contributed by atoms with Crippen molar-refractivity contribution in [3.63, 3.8) is 0 Å². The fourth-order valence-corrected chi connectivity index (χ4v) is 2.80. The second-order valence-corrected chi connectivity index (χ2v) is 6.16. The van der Waals surface area contributed by atoms with Gasteiger partial charge >= 0.3 is 0 Å². The van der Waals surface area contributed by atoms with E-state index < -0.39 is 0 Å². The molecule has 27 heavy (non-hydrogen) atoms. The molecule has 1 aromatic heterocycles. The van der Waals surface area contributed by atoms with Crippen LogP contribution in [0.1, 0.15) is 5.56 Å². The van der Waals surface area contributed by atoms with Gasteiger partial charge in [0.1, 0.15) is 23.7 Å². The summed E-state index contributed by atoms with van der Waals surface area (Å²) in [7, 11) is 0. The van der Waals surface area contributed by atoms with E-state index in [0.717, 1.165) is 23.4 Å². The molecule has 7 nitrogen and oxygen atoms in total. The van der Waals surface area contributed by atoms with Gasteiger partial charge in [0.25, 0.3) is 5.91 Å². The number of nitrogens with zero attached hydrogens (tertiary/aromatic N) is 2. The van der Waals surface area contributed by atoms with Gasteiger partial charge in [0, 0.05) is 30.1 Å². The maximum atomic E-state index is 12.0. The Kier molecular flexibility index (Phi) is 4.82. The summed E-state index contributed by atoms with van der Waals surface area (Å²) in [4.78, 5) is 20.5. The van der Waals surface area contributed by atoms with Crippen molar-refractivity contribution in [2.24, 2.45) is 0 Å². The van der Waals surface area contributed by atoms with Crippen LogP contribution in [-0.4, -0.2) is 29.0 Å². The van der Waals surface area contributed by atoms with E-state index in [4.69, 9.17) is 4.74 Å². The smallest absolute Gasteiger partial charge is 0.257 e. The summed E-state index contributed by atoms with van der Waals surface area (Å²) in [5.41, 5.74) is 2.85. The van der Waals surface area contributed by atoms with E-state index >= 15 is 0 Å². The van der Waals surface area contributed by atoms with Gasteiger partial charge < -0.3 is 20.7 Å². The molecular weight excluding hydrogens is 342 g/mol. The van der Waals surface area contributed by atoms with E-state index in [1.165, 1.54) is 6.33 Å². The molecule has 3 aromatic rings. The second-order valence-electron chi connectivity index (χ2n) is 6.16. The molecule has 2 aromatic carbocycles. The van der Waals surface area contributed by atoms with E-state index in [2.05, 4.69) is 25.9 Å². The highest BCUT2D eigenvalue weighted by Crippen LogP contribution is 2.23. The van der Waals surface area contributed by atoms with Crippen LogP contribution in [0.4, 0.5) is 23.0 Å². The van der Waals surface area contributed by atoms with Crippen molar-refractivity contribution in [1.82, 2.24) is 15.3 Å². The van der Waals surface area contributed by atoms with E-state index in [0.29, 0.717) is 23.9 Å². The maximum absolute atomic E-state index is 12.0. The Balaban J connectivity index is 1.65. The van der Waals surface area contributed by atoms with Gasteiger partial charge in [-0.25, -0.2) is 9.97 Å². The number of hydrogen-bond donors (Lipinski definition) is 3. The summed E-state index contributed by atoms with van der Waals surface area (Å²) in [6, 6.07) is 17.2. The topological polar surface area (TPSA) is 88.2 Å². The third-order valence-electron chi connectivity index (χ3n) is 4.08. The zero-order valence-electron chi connectivity index (χ0n) is 14.6. The Morgan fingerprint density at radius 1 is 0.889 bits per heavy atom. The number of amides is 1. The lowest BCUT2D eigenvalue weighted by atomic mass is 10.1. The van der Waals surface area contributed by atoms with Gasteiger partial charge in [-0.15, -0.1) is 0 Å². The van der Waals surface area contributed by atoms with Crippen LogP contribution in [-0.2, 0) is 11.2 Å². The largest absolute Gasteiger partial charge is 0.484 e. The van der Waals surface area contributed by atoms with Crippen LogP contribution in [0.25, 0.3) is 0 Å². The number of anilines is 4. The third kappa shape index (κ3) is 4.52. The molecule has 2 heterocycles. The van der Waals surface area contributed by atoms with E-state index in [9.17, 15) is 4.79 Å². The predicted molar refractivity (Wildman–Crippen MR) is 104 cm³/mol. The van der Waals surface area contributed by atoms with Gasteiger partial charge in [0.05, 0.1) is 0 Å². The molecule has 1 aliphatic heterocycles. The van der Waals surface area contributed by atoms with Gasteiger partial charge in [-0.3, -0.25) is 4.79 Å². The van der Waals surface area contributed by atoms with Crippen LogP contribution < -0.4 is 20.7 Å². The highest BCUT2D eigenvalue weighted by molar-refractivity contribution is 5.77. The fraction of sp³-hybridized carbons (Fsp3) is 0.150. The van der Waals surface area contributed by atoms with Gasteiger partial charge in [-0.1, -0.05) is 18.2 Å². The molecule has 3 N–H and O–H groups in total. The van der Waals surface area contributed by atoms with Crippen LogP contribution in [0.5, 0.6) is 5.75 Å². The van der Waals surface area contributed by atoms with Crippen LogP contribution in [0.3, 0.4) is 0 Å². The molecule has 4 rings (SSSR count). The Hall–Kier alpha value is -3.61. The van der Waals surface area contributed by atoms with Crippen molar-refractivity contribution in [3.8, 4) is 5.75 Å². The Labute approximate surface area is 156 Å². The highest BCUT2D eigenvalue weighted by atomic mass is 16.5. The molecule has 1 aliphatic rings. The molecular formula is C20H19N5O2. The van der Waals surface area contributed by atoms with Crippen molar-refractivity contribution in [2.75, 3.05) is 23.8 Å². The normalized spacial score (nSPS) is 14.0. The molecule has 0 aliphatic carbocycles. The zero-order valence-corrected chi connectivity index (χ0v) is 14.6. The molecule has 0 saturated heterocycles. The minimum absolute atomic E-state index is 0.0251. The number of aromatic nitrogens is 2. The molecule has 7 heteroatoms. The van der Waals surface area contributed by atoms with Crippen molar-refractivity contribution in [2.45, 2.75) is 6.42 Å². The summed E-state index contributed by atoms with van der Waals surface area (Å²) >= 11 is 0. The zero-order chi connectivity index (χ0) is 18.5. The van der Waals surface area contributed by atoms with E-state index in [-0.39, 0.29) is 12.5 Å². The summed E-state index contributed by atoms with van der Waals surface area (Å²) in [6.45, 7) is 0.521. The van der Waals surface area contributed by atoms with Crippen LogP contribution in [0.15, 0.2) is 60.9 Å². The summed E-state index contributed by atoms with van der Waals surface area (Å²) in [5.74, 6) is 1.81. The van der Waals surface area contributed by atoms with Gasteiger partial charge in [-0.2, -0.15) is 0 Å². The number of fused-ring (bicyclic) bond motifs is 6. The number of benzene rings is 2. The second kappa shape index (κ2) is 7.74. The maximum Gasteiger partial charge on any atom is 0.257 e. The molecule has 6 bridgehead atoms. The number of carbonyl (C=O) groups excluding carboxylic acids is 1. The van der Waals surface area contributed by atoms with Crippen molar-refractivity contribution < 1.29 is 9.53 Å². The van der Waals surface area contributed by atoms with Crippen molar-refractivity contribution in [1.29, 1.82) is 0 Å². The SMILES string of the molecule is O=C1COc2cccc(c2)Nc2cc(ncn2)Nc2cccc(c2)CCN1. The minimum Gasteiger partial charge on any atom is -0.484 e. The van der Waals surface area contributed by atoms with Crippen LogP contribution >= 0.6 is 0 Å². The summed E-state index contributed by atoms with van der Waals surface area (Å²) < 4.78 is 5.59. The molecule has 0 radical (unpaired) electrons. The summed E-state index contributed by atoms with van der Waals surface area (Å²) in [5, 5.41) is 9.39. The van der Waals surface area contributed by atoms with Crippen LogP contribution in [0.2, 0.25) is 0 Å². The molecule has 136 valence electrons. The first-order chi connectivity index (χ1) is 13.2. The average molecular weight is 361 g/mol. The first-order valence-electron chi connectivity index (χ1n) is 8.69. The number of hydrogen-bond acceptors (Lipinski definition) is 6. The molecule has 0 fully saturated rings. The average Bonchev–Trinajstić information content (AvgIpc) is 2.67. The Bertz CT molecular complexity index is 960. The third-order valence-corrected chi connectivity index (χ3v) is 4.08. The lowest BCUT2D eigenvalue weighted by Gasteiger charge is -2.10. The first kappa shape index (κ1) is 16.8. The fourth-order valence-electron chi connectivity index (χ4n) is 2.80. The number of rotatable bonds is 0. The Morgan fingerprint density at radius 3 is 2.44 bits per heavy atom. The molecule has 1 amide bonds. The lowest BCUT2D eigenvalue weighted by molar-refractivity contribution is -0.123. The lowest BCUT2D eigenvalue weighted by Crippen LogP contribution is -2.30. The number of carbonyl (C=O) groups is 1. The number of ether oxygens (including phenoxy) is 1. The minimum atomic E-state index is -0.149. The van der Waals surface area contributed by atoms with Gasteiger partial charge in [0.15, 0.2) is 6.61 Å². The van der Waals surface area contributed by atoms with Crippen molar-refractivity contribution in [3.05, 3.63) is 66.5 Å². The summed E-state index contributed by atoms with van der Waals surface area (Å²) in [6.07, 6.45) is 2.24. The molecule has 0 saturated carbocycles. The van der Waals surface area contributed by atoms with Crippen LogP contribution in [0, 0.1) is 0 Å². The predicted octanol–water partition coefficient (Wildman–Crippen LogP) is 3.01. The monoisotopic (exact) mass is 361 g/mol. The Morgan fingerprint density at radius 2 is 1.63 bits per heavy atom. The van der Waals surface area contributed by atoms with E-state index in [1.807, 2.05) is 54.6 Å². The van der Waals surface area contributed by atoms with E-state index in [1.54, 1.807) is 0 Å². The van der Waals surface area contributed by atoms with Crippen molar-refractivity contribution >= 4 is 28.9 Å². The molecule has 0 atom stereocenters. The highest BCUT2D eigenvalue weighted by Gasteiger charge is 2.06.